The van der Waals surface area contributed by atoms with Crippen molar-refractivity contribution in [2.24, 2.45) is 0 Å². The van der Waals surface area contributed by atoms with Gasteiger partial charge >= 0.3 is 0 Å². The van der Waals surface area contributed by atoms with Gasteiger partial charge in [-0.25, -0.2) is 0 Å². The molecule has 2 heterocycles. The highest BCUT2D eigenvalue weighted by Gasteiger charge is 2.29. The van der Waals surface area contributed by atoms with Crippen LogP contribution in [0.1, 0.15) is 32.1 Å². The van der Waals surface area contributed by atoms with Gasteiger partial charge in [0.05, 0.1) is 0 Å². The van der Waals surface area contributed by atoms with Gasteiger partial charge in [-0.15, -0.1) is 0 Å². The molecule has 2 aliphatic rings. The predicted octanol–water partition coefficient (Wildman–Crippen LogP) is 1.22. The van der Waals surface area contributed by atoms with Crippen LogP contribution in [0.15, 0.2) is 0 Å². The summed E-state index contributed by atoms with van der Waals surface area (Å²) in [6.45, 7) is 2.55. The molecule has 2 aliphatic heterocycles. The summed E-state index contributed by atoms with van der Waals surface area (Å²) >= 11 is 0. The second-order valence-corrected chi connectivity index (χ2v) is 4.25. The van der Waals surface area contributed by atoms with Crippen LogP contribution in [0.2, 0.25) is 0 Å². The Labute approximate surface area is 75.3 Å². The second-order valence-electron chi connectivity index (χ2n) is 4.25. The normalized spacial score (nSPS) is 38.8. The molecule has 12 heavy (non-hydrogen) atoms. The molecule has 1 N–H and O–H groups in total. The minimum atomic E-state index is 0.797. The quantitative estimate of drug-likeness (QED) is 0.633. The van der Waals surface area contributed by atoms with E-state index in [2.05, 4.69) is 17.3 Å². The van der Waals surface area contributed by atoms with Gasteiger partial charge in [0.1, 0.15) is 0 Å². The molecule has 0 radical (unpaired) electrons. The van der Waals surface area contributed by atoms with Crippen LogP contribution in [0.25, 0.3) is 0 Å². The Balaban J connectivity index is 1.89. The Morgan fingerprint density at radius 1 is 1.17 bits per heavy atom. The van der Waals surface area contributed by atoms with E-state index in [1.165, 1.54) is 45.2 Å². The summed E-state index contributed by atoms with van der Waals surface area (Å²) in [5.41, 5.74) is 0. The summed E-state index contributed by atoms with van der Waals surface area (Å²) in [6.07, 6.45) is 7.03. The monoisotopic (exact) mass is 168 g/mol. The van der Waals surface area contributed by atoms with Gasteiger partial charge in [0.2, 0.25) is 0 Å². The van der Waals surface area contributed by atoms with E-state index in [-0.39, 0.29) is 0 Å². The minimum absolute atomic E-state index is 0.797. The van der Waals surface area contributed by atoms with E-state index < -0.39 is 0 Å². The van der Waals surface area contributed by atoms with Crippen LogP contribution in [0, 0.1) is 0 Å². The average Bonchev–Trinajstić information content (AvgIpc) is 2.53. The van der Waals surface area contributed by atoms with Gasteiger partial charge in [-0.1, -0.05) is 6.42 Å². The van der Waals surface area contributed by atoms with Crippen LogP contribution >= 0.6 is 0 Å². The first-order chi connectivity index (χ1) is 5.88. The lowest BCUT2D eigenvalue weighted by Gasteiger charge is -2.32. The van der Waals surface area contributed by atoms with Gasteiger partial charge in [0, 0.05) is 12.1 Å². The Morgan fingerprint density at radius 2 is 2.08 bits per heavy atom. The molecule has 0 bridgehead atoms. The number of likely N-dealkylation sites (tertiary alicyclic amines) is 1. The maximum Gasteiger partial charge on any atom is 0.0246 e. The zero-order valence-electron chi connectivity index (χ0n) is 8.05. The summed E-state index contributed by atoms with van der Waals surface area (Å²) in [5.74, 6) is 0. The number of nitrogens with one attached hydrogen (secondary N) is 1. The van der Waals surface area contributed by atoms with Gasteiger partial charge in [-0.2, -0.15) is 0 Å². The highest BCUT2D eigenvalue weighted by molar-refractivity contribution is 4.89. The van der Waals surface area contributed by atoms with E-state index in [1.807, 2.05) is 0 Å². The van der Waals surface area contributed by atoms with Crippen LogP contribution in [0.4, 0.5) is 0 Å². The van der Waals surface area contributed by atoms with Crippen LogP contribution in [-0.4, -0.2) is 37.1 Å². The summed E-state index contributed by atoms with van der Waals surface area (Å²) in [6, 6.07) is 1.64. The van der Waals surface area contributed by atoms with Crippen molar-refractivity contribution in [1.29, 1.82) is 0 Å². The first kappa shape index (κ1) is 8.52. The smallest absolute Gasteiger partial charge is 0.0246 e. The van der Waals surface area contributed by atoms with E-state index in [1.54, 1.807) is 0 Å². The summed E-state index contributed by atoms with van der Waals surface area (Å²) in [4.78, 5) is 2.53. The molecule has 2 nitrogen and oxygen atoms in total. The molecular formula is C10H20N2. The van der Waals surface area contributed by atoms with E-state index in [0.717, 1.165) is 12.1 Å². The largest absolute Gasteiger partial charge is 0.312 e. The molecule has 2 heteroatoms. The van der Waals surface area contributed by atoms with Gasteiger partial charge < -0.3 is 10.2 Å². The van der Waals surface area contributed by atoms with E-state index in [4.69, 9.17) is 0 Å². The first-order valence-corrected chi connectivity index (χ1v) is 5.31. The van der Waals surface area contributed by atoms with Gasteiger partial charge in [-0.05, 0) is 45.8 Å². The number of hydrogen-bond donors (Lipinski definition) is 1. The molecule has 0 aromatic heterocycles. The van der Waals surface area contributed by atoms with E-state index in [0.29, 0.717) is 0 Å². The zero-order valence-corrected chi connectivity index (χ0v) is 8.05. The number of rotatable bonds is 1. The molecule has 2 fully saturated rings. The second kappa shape index (κ2) is 3.75. The molecule has 0 aromatic carbocycles. The van der Waals surface area contributed by atoms with E-state index >= 15 is 0 Å². The Morgan fingerprint density at radius 3 is 2.67 bits per heavy atom. The van der Waals surface area contributed by atoms with E-state index in [9.17, 15) is 0 Å². The molecule has 0 amide bonds. The topological polar surface area (TPSA) is 15.3 Å². The van der Waals surface area contributed by atoms with Crippen LogP contribution < -0.4 is 5.32 Å². The van der Waals surface area contributed by atoms with Crippen molar-refractivity contribution in [2.75, 3.05) is 20.1 Å². The Hall–Kier alpha value is -0.0800. The lowest BCUT2D eigenvalue weighted by atomic mass is 9.96. The number of piperidine rings is 1. The fraction of sp³-hybridized carbons (Fsp3) is 1.00. The van der Waals surface area contributed by atoms with Crippen molar-refractivity contribution in [3.63, 3.8) is 0 Å². The number of nitrogens with zero attached hydrogens (tertiary/aromatic N) is 1. The molecule has 0 saturated carbocycles. The third kappa shape index (κ3) is 1.64. The molecular weight excluding hydrogens is 148 g/mol. The Kier molecular flexibility index (Phi) is 2.66. The highest BCUT2D eigenvalue weighted by atomic mass is 15.2. The molecule has 0 aromatic rings. The predicted molar refractivity (Wildman–Crippen MR) is 51.3 cm³/mol. The maximum absolute atomic E-state index is 3.65. The van der Waals surface area contributed by atoms with Crippen molar-refractivity contribution in [2.45, 2.75) is 44.2 Å². The molecule has 2 saturated heterocycles. The average molecular weight is 168 g/mol. The SMILES string of the molecule is CN1CCC[C@H]1[C@@H]1CCCCN1. The lowest BCUT2D eigenvalue weighted by molar-refractivity contribution is 0.218. The Bertz CT molecular complexity index is 141. The maximum atomic E-state index is 3.65. The molecule has 2 rings (SSSR count). The number of hydrogen-bond acceptors (Lipinski definition) is 2. The minimum Gasteiger partial charge on any atom is -0.312 e. The van der Waals surface area contributed by atoms with Crippen molar-refractivity contribution in [3.8, 4) is 0 Å². The van der Waals surface area contributed by atoms with Crippen LogP contribution in [0.3, 0.4) is 0 Å². The van der Waals surface area contributed by atoms with Gasteiger partial charge in [0.15, 0.2) is 0 Å². The standard InChI is InChI=1S/C10H20N2/c1-12-8-4-6-10(12)9-5-2-3-7-11-9/h9-11H,2-8H2,1H3/t9-,10-/m0/s1. The fourth-order valence-electron chi connectivity index (χ4n) is 2.65. The van der Waals surface area contributed by atoms with Gasteiger partial charge in [0.25, 0.3) is 0 Å². The zero-order chi connectivity index (χ0) is 8.39. The third-order valence-electron chi connectivity index (χ3n) is 3.39. The highest BCUT2D eigenvalue weighted by Crippen LogP contribution is 2.22. The third-order valence-corrected chi connectivity index (χ3v) is 3.39. The fourth-order valence-corrected chi connectivity index (χ4v) is 2.65. The molecule has 0 unspecified atom stereocenters. The molecule has 70 valence electrons. The summed E-state index contributed by atoms with van der Waals surface area (Å²) in [5, 5.41) is 3.65. The van der Waals surface area contributed by atoms with Gasteiger partial charge in [-0.3, -0.25) is 0 Å². The van der Waals surface area contributed by atoms with Crippen molar-refractivity contribution in [1.82, 2.24) is 10.2 Å². The summed E-state index contributed by atoms with van der Waals surface area (Å²) in [7, 11) is 2.27. The lowest BCUT2D eigenvalue weighted by Crippen LogP contribution is -2.47. The van der Waals surface area contributed by atoms with Crippen LogP contribution in [0.5, 0.6) is 0 Å². The molecule has 2 atom stereocenters. The van der Waals surface area contributed by atoms with Crippen molar-refractivity contribution >= 4 is 0 Å². The van der Waals surface area contributed by atoms with Crippen molar-refractivity contribution in [3.05, 3.63) is 0 Å². The summed E-state index contributed by atoms with van der Waals surface area (Å²) < 4.78 is 0. The molecule has 0 spiro atoms. The molecule has 0 aliphatic carbocycles. The number of likely N-dealkylation sites (N-methyl/N-ethyl adjacent to an activating group) is 1. The van der Waals surface area contributed by atoms with Crippen LogP contribution in [-0.2, 0) is 0 Å². The van der Waals surface area contributed by atoms with Crippen molar-refractivity contribution < 1.29 is 0 Å². The first-order valence-electron chi connectivity index (χ1n) is 5.31.